The number of hydrogen-bond acceptors (Lipinski definition) is 6. The minimum absolute atomic E-state index is 0.0133. The molecule has 1 N–H and O–H groups in total. The summed E-state index contributed by atoms with van der Waals surface area (Å²) < 4.78 is 4.84. The molecule has 4 aliphatic rings. The molecule has 3 aliphatic heterocycles. The molecule has 7 nitrogen and oxygen atoms in total. The summed E-state index contributed by atoms with van der Waals surface area (Å²) >= 11 is 1.69. The molecule has 4 rings (SSSR count). The molecule has 8 heteroatoms. The van der Waals surface area contributed by atoms with E-state index in [2.05, 4.69) is 20.1 Å². The number of hydrogen-bond donors (Lipinski definition) is 1. The average Bonchev–Trinajstić information content (AvgIpc) is 3.47. The van der Waals surface area contributed by atoms with E-state index in [4.69, 9.17) is 4.74 Å². The Morgan fingerprint density at radius 2 is 1.94 bits per heavy atom. The van der Waals surface area contributed by atoms with Gasteiger partial charge in [0, 0.05) is 31.0 Å². The largest absolute Gasteiger partial charge is 0.461 e. The van der Waals surface area contributed by atoms with Gasteiger partial charge in [-0.1, -0.05) is 44.9 Å². The molecule has 36 heavy (non-hydrogen) atoms. The van der Waals surface area contributed by atoms with Crippen LogP contribution in [0.3, 0.4) is 0 Å². The van der Waals surface area contributed by atoms with Crippen LogP contribution in [0.15, 0.2) is 25.3 Å². The van der Waals surface area contributed by atoms with Gasteiger partial charge in [-0.15, -0.1) is 18.3 Å². The molecule has 2 bridgehead atoms. The highest BCUT2D eigenvalue weighted by Gasteiger charge is 2.76. The summed E-state index contributed by atoms with van der Waals surface area (Å²) in [6, 6.07) is -0.425. The van der Waals surface area contributed by atoms with E-state index < -0.39 is 22.6 Å². The van der Waals surface area contributed by atoms with Gasteiger partial charge in [-0.05, 0) is 44.4 Å². The van der Waals surface area contributed by atoms with Gasteiger partial charge in [0.15, 0.2) is 0 Å². The number of nitrogens with zero attached hydrogens (tertiary/aromatic N) is 2. The predicted molar refractivity (Wildman–Crippen MR) is 141 cm³/mol. The number of carbonyl (C=O) groups is 3. The Kier molecular flexibility index (Phi) is 8.87. The molecule has 1 spiro atoms. The van der Waals surface area contributed by atoms with Crippen molar-refractivity contribution in [2.24, 2.45) is 17.8 Å². The van der Waals surface area contributed by atoms with E-state index in [0.29, 0.717) is 19.5 Å². The standard InChI is InChI=1S/C28H42N2O5S/c1-4-14-29(20-12-8-6-9-13-20)26(33)24-28-19(3)18-21(36-28)22(27(34)35-17-5-2)23(28)25(32)30(24)15-10-7-11-16-31/h4-5,19-24,31H,1-2,6-18H2,3H3/t19?,21-,22+,23+,24?,28?/m1/s1. The fraction of sp³-hybridized carbons (Fsp3) is 0.750. The minimum Gasteiger partial charge on any atom is -0.461 e. The summed E-state index contributed by atoms with van der Waals surface area (Å²) in [5, 5.41) is 9.22. The molecule has 0 aromatic carbocycles. The molecule has 4 fully saturated rings. The van der Waals surface area contributed by atoms with Gasteiger partial charge in [0.05, 0.1) is 16.6 Å². The van der Waals surface area contributed by atoms with Crippen molar-refractivity contribution < 1.29 is 24.2 Å². The Morgan fingerprint density at radius 3 is 2.61 bits per heavy atom. The van der Waals surface area contributed by atoms with E-state index in [1.54, 1.807) is 28.8 Å². The molecule has 0 aromatic heterocycles. The van der Waals surface area contributed by atoms with E-state index in [0.717, 1.165) is 44.9 Å². The van der Waals surface area contributed by atoms with Crippen molar-refractivity contribution in [1.29, 1.82) is 0 Å². The molecular weight excluding hydrogens is 476 g/mol. The lowest BCUT2D eigenvalue weighted by Crippen LogP contribution is -2.59. The van der Waals surface area contributed by atoms with E-state index in [1.807, 2.05) is 4.90 Å². The molecule has 3 unspecified atom stereocenters. The van der Waals surface area contributed by atoms with Gasteiger partial charge in [-0.3, -0.25) is 14.4 Å². The molecule has 1 aliphatic carbocycles. The fourth-order valence-electron chi connectivity index (χ4n) is 7.22. The Bertz CT molecular complexity index is 859. The zero-order valence-corrected chi connectivity index (χ0v) is 22.4. The number of aliphatic hydroxyl groups is 1. The number of esters is 1. The number of amides is 2. The molecule has 0 radical (unpaired) electrons. The van der Waals surface area contributed by atoms with Gasteiger partial charge in [-0.2, -0.15) is 0 Å². The third-order valence-electron chi connectivity index (χ3n) is 8.78. The second-order valence-electron chi connectivity index (χ2n) is 10.9. The quantitative estimate of drug-likeness (QED) is 0.242. The van der Waals surface area contributed by atoms with Crippen LogP contribution in [-0.4, -0.2) is 81.1 Å². The molecule has 1 saturated carbocycles. The minimum atomic E-state index is -0.623. The van der Waals surface area contributed by atoms with Gasteiger partial charge in [0.1, 0.15) is 12.6 Å². The second kappa shape index (κ2) is 11.7. The first-order chi connectivity index (χ1) is 17.4. The lowest BCUT2D eigenvalue weighted by Gasteiger charge is -2.43. The summed E-state index contributed by atoms with van der Waals surface area (Å²) in [6.07, 6.45) is 11.7. The highest BCUT2D eigenvalue weighted by Crippen LogP contribution is 2.68. The first-order valence-electron chi connectivity index (χ1n) is 13.7. The monoisotopic (exact) mass is 518 g/mol. The van der Waals surface area contributed by atoms with Gasteiger partial charge in [0.2, 0.25) is 11.8 Å². The van der Waals surface area contributed by atoms with E-state index in [-0.39, 0.29) is 48.2 Å². The number of fused-ring (bicyclic) bond motifs is 1. The van der Waals surface area contributed by atoms with Crippen LogP contribution in [-0.2, 0) is 19.1 Å². The summed E-state index contributed by atoms with van der Waals surface area (Å²) in [5.74, 6) is -1.35. The smallest absolute Gasteiger partial charge is 0.311 e. The number of ether oxygens (including phenoxy) is 1. The molecule has 0 aromatic rings. The van der Waals surface area contributed by atoms with Crippen molar-refractivity contribution >= 4 is 29.5 Å². The number of likely N-dealkylation sites (tertiary alicyclic amines) is 1. The van der Waals surface area contributed by atoms with Crippen molar-refractivity contribution in [1.82, 2.24) is 9.80 Å². The van der Waals surface area contributed by atoms with Crippen molar-refractivity contribution in [3.8, 4) is 0 Å². The maximum Gasteiger partial charge on any atom is 0.311 e. The van der Waals surface area contributed by atoms with Crippen molar-refractivity contribution in [2.75, 3.05) is 26.3 Å². The highest BCUT2D eigenvalue weighted by atomic mass is 32.2. The van der Waals surface area contributed by atoms with Crippen LogP contribution in [0.25, 0.3) is 0 Å². The normalized spacial score (nSPS) is 33.4. The molecule has 6 atom stereocenters. The van der Waals surface area contributed by atoms with Crippen molar-refractivity contribution in [3.63, 3.8) is 0 Å². The van der Waals surface area contributed by atoms with Crippen LogP contribution >= 0.6 is 11.8 Å². The van der Waals surface area contributed by atoms with Crippen LogP contribution < -0.4 is 0 Å². The maximum atomic E-state index is 14.5. The molecular formula is C28H42N2O5S. The van der Waals surface area contributed by atoms with E-state index in [9.17, 15) is 19.5 Å². The molecule has 200 valence electrons. The first-order valence-corrected chi connectivity index (χ1v) is 14.6. The van der Waals surface area contributed by atoms with Crippen LogP contribution in [0, 0.1) is 17.8 Å². The van der Waals surface area contributed by atoms with Gasteiger partial charge >= 0.3 is 5.97 Å². The lowest BCUT2D eigenvalue weighted by molar-refractivity contribution is -0.153. The summed E-state index contributed by atoms with van der Waals surface area (Å²) in [6.45, 7) is 10.9. The second-order valence-corrected chi connectivity index (χ2v) is 12.4. The third-order valence-corrected chi connectivity index (χ3v) is 10.9. The topological polar surface area (TPSA) is 87.1 Å². The first kappa shape index (κ1) is 27.2. The van der Waals surface area contributed by atoms with Gasteiger partial charge < -0.3 is 19.6 Å². The van der Waals surface area contributed by atoms with Gasteiger partial charge in [0.25, 0.3) is 0 Å². The Morgan fingerprint density at radius 1 is 1.19 bits per heavy atom. The van der Waals surface area contributed by atoms with Crippen LogP contribution in [0.5, 0.6) is 0 Å². The third kappa shape index (κ3) is 4.64. The maximum absolute atomic E-state index is 14.5. The average molecular weight is 519 g/mol. The molecule has 3 heterocycles. The van der Waals surface area contributed by atoms with Crippen LogP contribution in [0.2, 0.25) is 0 Å². The Hall–Kier alpha value is -1.80. The van der Waals surface area contributed by atoms with Crippen LogP contribution in [0.4, 0.5) is 0 Å². The number of rotatable bonds is 12. The van der Waals surface area contributed by atoms with Gasteiger partial charge in [-0.25, -0.2) is 0 Å². The summed E-state index contributed by atoms with van der Waals surface area (Å²) in [5.41, 5.74) is 0. The van der Waals surface area contributed by atoms with Crippen molar-refractivity contribution in [3.05, 3.63) is 25.3 Å². The van der Waals surface area contributed by atoms with E-state index in [1.165, 1.54) is 6.42 Å². The van der Waals surface area contributed by atoms with Crippen LogP contribution in [0.1, 0.15) is 64.7 Å². The van der Waals surface area contributed by atoms with Crippen molar-refractivity contribution in [2.45, 2.75) is 86.8 Å². The Labute approximate surface area is 219 Å². The Balaban J connectivity index is 1.70. The molecule has 3 saturated heterocycles. The predicted octanol–water partition coefficient (Wildman–Crippen LogP) is 3.56. The SMILES string of the molecule is C=CCOC(=O)[C@@H]1[C@H]2C(=O)N(CCCCCO)C(C(=O)N(CC=C)C3CCCCC3)C23S[C@@H]1CC3C. The highest BCUT2D eigenvalue weighted by molar-refractivity contribution is 8.02. The number of unbranched alkanes of at least 4 members (excludes halogenated alkanes) is 2. The van der Waals surface area contributed by atoms with E-state index >= 15 is 0 Å². The lowest BCUT2D eigenvalue weighted by atomic mass is 9.66. The number of thioether (sulfide) groups is 1. The number of aliphatic hydroxyl groups excluding tert-OH is 1. The summed E-state index contributed by atoms with van der Waals surface area (Å²) in [4.78, 5) is 45.5. The molecule has 2 amide bonds. The summed E-state index contributed by atoms with van der Waals surface area (Å²) in [7, 11) is 0. The zero-order valence-electron chi connectivity index (χ0n) is 21.6. The zero-order chi connectivity index (χ0) is 25.9. The fourth-order valence-corrected chi connectivity index (χ4v) is 9.63. The number of carbonyl (C=O) groups excluding carboxylic acids is 3.